The maximum atomic E-state index is 12.3. The zero-order valence-corrected chi connectivity index (χ0v) is 15.1. The van der Waals surface area contributed by atoms with Gasteiger partial charge >= 0.3 is 0 Å². The van der Waals surface area contributed by atoms with E-state index in [1.54, 1.807) is 6.92 Å². The summed E-state index contributed by atoms with van der Waals surface area (Å²) in [5.74, 6) is 0.657. The summed E-state index contributed by atoms with van der Waals surface area (Å²) < 4.78 is 5.78. The Kier molecular flexibility index (Phi) is 6.42. The van der Waals surface area contributed by atoms with Crippen molar-refractivity contribution in [3.63, 3.8) is 0 Å². The number of amides is 1. The normalized spacial score (nSPS) is 11.8. The molecule has 2 aromatic rings. The highest BCUT2D eigenvalue weighted by molar-refractivity contribution is 5.80. The van der Waals surface area contributed by atoms with Crippen molar-refractivity contribution < 1.29 is 9.53 Å². The van der Waals surface area contributed by atoms with Gasteiger partial charge in [0, 0.05) is 6.54 Å². The first-order valence-corrected chi connectivity index (χ1v) is 8.65. The van der Waals surface area contributed by atoms with Crippen LogP contribution in [-0.4, -0.2) is 12.0 Å². The third-order valence-electron chi connectivity index (χ3n) is 4.28. The Labute approximate surface area is 145 Å². The van der Waals surface area contributed by atoms with Crippen LogP contribution >= 0.6 is 0 Å². The van der Waals surface area contributed by atoms with E-state index >= 15 is 0 Å². The van der Waals surface area contributed by atoms with Crippen LogP contribution in [0.2, 0.25) is 0 Å². The molecule has 0 aliphatic heterocycles. The van der Waals surface area contributed by atoms with Crippen molar-refractivity contribution >= 4 is 5.91 Å². The molecular weight excluding hydrogens is 298 g/mol. The van der Waals surface area contributed by atoms with E-state index in [1.165, 1.54) is 16.7 Å². The Hall–Kier alpha value is -2.29. The average molecular weight is 325 g/mol. The summed E-state index contributed by atoms with van der Waals surface area (Å²) in [5, 5.41) is 3.00. The summed E-state index contributed by atoms with van der Waals surface area (Å²) in [6, 6.07) is 14.2. The van der Waals surface area contributed by atoms with E-state index in [4.69, 9.17) is 4.74 Å². The molecule has 0 bridgehead atoms. The Balaban J connectivity index is 1.98. The molecule has 1 atom stereocenters. The number of para-hydroxylation sites is 1. The Morgan fingerprint density at radius 2 is 1.83 bits per heavy atom. The molecule has 0 saturated carbocycles. The monoisotopic (exact) mass is 325 g/mol. The number of carbonyl (C=O) groups excluding carboxylic acids is 1. The van der Waals surface area contributed by atoms with Crippen molar-refractivity contribution in [3.8, 4) is 5.75 Å². The molecule has 0 aliphatic rings. The third kappa shape index (κ3) is 4.60. The van der Waals surface area contributed by atoms with Crippen molar-refractivity contribution in [2.75, 3.05) is 0 Å². The largest absolute Gasteiger partial charge is 0.481 e. The first-order chi connectivity index (χ1) is 11.5. The number of ether oxygens (including phenoxy) is 1. The first-order valence-electron chi connectivity index (χ1n) is 8.65. The van der Waals surface area contributed by atoms with Gasteiger partial charge in [0.2, 0.25) is 0 Å². The van der Waals surface area contributed by atoms with E-state index in [1.807, 2.05) is 31.2 Å². The van der Waals surface area contributed by atoms with E-state index < -0.39 is 6.10 Å². The molecule has 0 spiro atoms. The number of hydrogen-bond donors (Lipinski definition) is 1. The van der Waals surface area contributed by atoms with E-state index in [-0.39, 0.29) is 5.91 Å². The Morgan fingerprint density at radius 3 is 2.50 bits per heavy atom. The van der Waals surface area contributed by atoms with Gasteiger partial charge in [-0.25, -0.2) is 0 Å². The summed E-state index contributed by atoms with van der Waals surface area (Å²) in [6.07, 6.45) is 1.44. The van der Waals surface area contributed by atoms with Gasteiger partial charge in [0.05, 0.1) is 0 Å². The van der Waals surface area contributed by atoms with Crippen molar-refractivity contribution in [2.45, 2.75) is 53.2 Å². The molecule has 0 aromatic heterocycles. The molecule has 0 unspecified atom stereocenters. The van der Waals surface area contributed by atoms with E-state index in [2.05, 4.69) is 37.4 Å². The number of aryl methyl sites for hydroxylation is 3. The Morgan fingerprint density at radius 1 is 1.08 bits per heavy atom. The predicted octanol–water partition coefficient (Wildman–Crippen LogP) is 4.20. The van der Waals surface area contributed by atoms with Crippen LogP contribution in [0.15, 0.2) is 42.5 Å². The highest BCUT2D eigenvalue weighted by Gasteiger charge is 2.15. The summed E-state index contributed by atoms with van der Waals surface area (Å²) in [4.78, 5) is 12.3. The minimum absolute atomic E-state index is 0.0952. The van der Waals surface area contributed by atoms with Gasteiger partial charge in [0.25, 0.3) is 5.91 Å². The van der Waals surface area contributed by atoms with Crippen LogP contribution in [0.3, 0.4) is 0 Å². The lowest BCUT2D eigenvalue weighted by Gasteiger charge is -2.17. The molecule has 1 N–H and O–H groups in total. The number of nitrogens with one attached hydrogen (secondary N) is 1. The molecule has 24 heavy (non-hydrogen) atoms. The predicted molar refractivity (Wildman–Crippen MR) is 98.3 cm³/mol. The molecule has 2 rings (SSSR count). The van der Waals surface area contributed by atoms with Gasteiger partial charge in [-0.2, -0.15) is 0 Å². The van der Waals surface area contributed by atoms with Gasteiger partial charge in [-0.3, -0.25) is 4.79 Å². The van der Waals surface area contributed by atoms with Crippen molar-refractivity contribution in [2.24, 2.45) is 0 Å². The zero-order valence-electron chi connectivity index (χ0n) is 15.1. The van der Waals surface area contributed by atoms with Gasteiger partial charge in [0.15, 0.2) is 6.10 Å². The summed E-state index contributed by atoms with van der Waals surface area (Å²) in [6.45, 7) is 8.57. The molecule has 3 nitrogen and oxygen atoms in total. The summed E-state index contributed by atoms with van der Waals surface area (Å²) >= 11 is 0. The molecule has 0 radical (unpaired) electrons. The van der Waals surface area contributed by atoms with E-state index in [0.29, 0.717) is 6.54 Å². The lowest BCUT2D eigenvalue weighted by Crippen LogP contribution is -2.36. The topological polar surface area (TPSA) is 38.3 Å². The smallest absolute Gasteiger partial charge is 0.261 e. The minimum Gasteiger partial charge on any atom is -0.481 e. The highest BCUT2D eigenvalue weighted by atomic mass is 16.5. The van der Waals surface area contributed by atoms with Gasteiger partial charge < -0.3 is 10.1 Å². The number of carbonyl (C=O) groups is 1. The number of rotatable bonds is 7. The zero-order chi connectivity index (χ0) is 17.5. The molecule has 2 aromatic carbocycles. The molecule has 1 amide bonds. The van der Waals surface area contributed by atoms with E-state index in [9.17, 15) is 4.79 Å². The SMILES string of the molecule is CCc1ccc(CC)c(CNC(=O)[C@@H](C)Oc2ccccc2C)c1. The van der Waals surface area contributed by atoms with Gasteiger partial charge in [0.1, 0.15) is 5.75 Å². The lowest BCUT2D eigenvalue weighted by molar-refractivity contribution is -0.127. The fourth-order valence-electron chi connectivity index (χ4n) is 2.67. The molecule has 3 heteroatoms. The fourth-order valence-corrected chi connectivity index (χ4v) is 2.67. The van der Waals surface area contributed by atoms with Gasteiger partial charge in [-0.05, 0) is 55.0 Å². The van der Waals surface area contributed by atoms with Crippen molar-refractivity contribution in [1.82, 2.24) is 5.32 Å². The second kappa shape index (κ2) is 8.53. The second-order valence-corrected chi connectivity index (χ2v) is 6.05. The maximum Gasteiger partial charge on any atom is 0.261 e. The lowest BCUT2D eigenvalue weighted by atomic mass is 10.0. The number of benzene rings is 2. The molecule has 128 valence electrons. The molecule has 0 heterocycles. The molecule has 0 saturated heterocycles. The Bertz CT molecular complexity index is 694. The van der Waals surface area contributed by atoms with Crippen LogP contribution in [0.25, 0.3) is 0 Å². The second-order valence-electron chi connectivity index (χ2n) is 6.05. The van der Waals surface area contributed by atoms with Gasteiger partial charge in [-0.1, -0.05) is 50.2 Å². The van der Waals surface area contributed by atoms with Crippen LogP contribution in [0, 0.1) is 6.92 Å². The standard InChI is InChI=1S/C21H27NO2/c1-5-17-11-12-18(6-2)19(13-17)14-22-21(23)16(4)24-20-10-8-7-9-15(20)3/h7-13,16H,5-6,14H2,1-4H3,(H,22,23)/t16-/m1/s1. The summed E-state index contributed by atoms with van der Waals surface area (Å²) in [7, 11) is 0. The highest BCUT2D eigenvalue weighted by Crippen LogP contribution is 2.18. The van der Waals surface area contributed by atoms with Crippen molar-refractivity contribution in [3.05, 3.63) is 64.7 Å². The van der Waals surface area contributed by atoms with Crippen LogP contribution < -0.4 is 10.1 Å². The minimum atomic E-state index is -0.523. The molecule has 0 aliphatic carbocycles. The fraction of sp³-hybridized carbons (Fsp3) is 0.381. The van der Waals surface area contributed by atoms with Crippen LogP contribution in [0.1, 0.15) is 43.0 Å². The number of hydrogen-bond acceptors (Lipinski definition) is 2. The van der Waals surface area contributed by atoms with Crippen LogP contribution in [-0.2, 0) is 24.2 Å². The van der Waals surface area contributed by atoms with E-state index in [0.717, 1.165) is 24.2 Å². The molecular formula is C21H27NO2. The van der Waals surface area contributed by atoms with Crippen LogP contribution in [0.5, 0.6) is 5.75 Å². The summed E-state index contributed by atoms with van der Waals surface area (Å²) in [5.41, 5.74) is 4.79. The molecule has 0 fully saturated rings. The average Bonchev–Trinajstić information content (AvgIpc) is 2.61. The first kappa shape index (κ1) is 18.1. The van der Waals surface area contributed by atoms with Crippen molar-refractivity contribution in [1.29, 1.82) is 0 Å². The third-order valence-corrected chi connectivity index (χ3v) is 4.28. The quantitative estimate of drug-likeness (QED) is 0.828. The van der Waals surface area contributed by atoms with Gasteiger partial charge in [-0.15, -0.1) is 0 Å². The van der Waals surface area contributed by atoms with Crippen LogP contribution in [0.4, 0.5) is 0 Å². The maximum absolute atomic E-state index is 12.3.